The fourth-order valence-electron chi connectivity index (χ4n) is 4.57. The third-order valence-electron chi connectivity index (χ3n) is 6.10. The number of aryl methyl sites for hydroxylation is 1. The third-order valence-corrected chi connectivity index (χ3v) is 6.35. The van der Waals surface area contributed by atoms with Gasteiger partial charge in [-0.1, -0.05) is 55.1 Å². The summed E-state index contributed by atoms with van der Waals surface area (Å²) in [5.41, 5.74) is 4.55. The van der Waals surface area contributed by atoms with Crippen molar-refractivity contribution in [2.75, 3.05) is 6.54 Å². The van der Waals surface area contributed by atoms with Crippen LogP contribution in [0.5, 0.6) is 0 Å². The number of nitrogens with one attached hydrogen (secondary N) is 1. The maximum atomic E-state index is 6.12. The van der Waals surface area contributed by atoms with E-state index in [-0.39, 0.29) is 24.8 Å². The Balaban J connectivity index is 0.00000136. The van der Waals surface area contributed by atoms with Gasteiger partial charge in [0.1, 0.15) is 0 Å². The Labute approximate surface area is 200 Å². The van der Waals surface area contributed by atoms with Crippen molar-refractivity contribution in [3.05, 3.63) is 59.8 Å². The molecule has 4 aromatic rings. The van der Waals surface area contributed by atoms with E-state index in [9.17, 15) is 0 Å². The Kier molecular flexibility index (Phi) is 8.29. The summed E-state index contributed by atoms with van der Waals surface area (Å²) >= 11 is 6.12. The molecule has 0 radical (unpaired) electrons. The van der Waals surface area contributed by atoms with E-state index in [4.69, 9.17) is 16.6 Å². The predicted molar refractivity (Wildman–Crippen MR) is 135 cm³/mol. The van der Waals surface area contributed by atoms with Gasteiger partial charge in [-0.05, 0) is 55.6 Å². The van der Waals surface area contributed by atoms with Gasteiger partial charge in [0.15, 0.2) is 0 Å². The fraction of sp³-hybridized carbons (Fsp3) is 0.375. The van der Waals surface area contributed by atoms with E-state index >= 15 is 0 Å². The zero-order valence-corrected chi connectivity index (χ0v) is 19.9. The number of hydrogen-bond acceptors (Lipinski definition) is 2. The monoisotopic (exact) mass is 478 g/mol. The van der Waals surface area contributed by atoms with Crippen LogP contribution in [-0.2, 0) is 6.54 Å². The van der Waals surface area contributed by atoms with E-state index in [2.05, 4.69) is 50.8 Å². The average Bonchev–Trinajstić information content (AvgIpc) is 3.29. The smallest absolute Gasteiger partial charge is 0.215 e. The number of imidazole rings is 2. The van der Waals surface area contributed by atoms with Crippen LogP contribution in [0.4, 0.5) is 0 Å². The molecular weight excluding hydrogens is 451 g/mol. The lowest BCUT2D eigenvalue weighted by Gasteiger charge is -2.22. The van der Waals surface area contributed by atoms with Gasteiger partial charge in [-0.3, -0.25) is 4.40 Å². The van der Waals surface area contributed by atoms with E-state index in [1.54, 1.807) is 0 Å². The van der Waals surface area contributed by atoms with E-state index < -0.39 is 0 Å². The molecule has 0 spiro atoms. The van der Waals surface area contributed by atoms with Crippen LogP contribution in [0.25, 0.3) is 28.1 Å². The Morgan fingerprint density at radius 1 is 0.968 bits per heavy atom. The zero-order chi connectivity index (χ0) is 19.6. The molecule has 0 atom stereocenters. The van der Waals surface area contributed by atoms with Crippen molar-refractivity contribution >= 4 is 53.2 Å². The van der Waals surface area contributed by atoms with Gasteiger partial charge in [-0.2, -0.15) is 0 Å². The summed E-state index contributed by atoms with van der Waals surface area (Å²) in [6.45, 7) is 1.99. The first-order valence-electron chi connectivity index (χ1n) is 10.8. The highest BCUT2D eigenvalue weighted by Gasteiger charge is 2.16. The standard InChI is InChI=1S/C24H27ClN4.2ClH/c25-19-13-11-18(12-14-19)23-17-29-22-10-5-4-9-21(22)27-24(29)28(23)16-6-15-26-20-7-2-1-3-8-20;;/h4-5,9-14,17,20,26H,1-3,6-8,15-16H2;2*1H. The molecule has 1 aliphatic carbocycles. The first-order chi connectivity index (χ1) is 14.3. The summed E-state index contributed by atoms with van der Waals surface area (Å²) < 4.78 is 4.57. The number of rotatable bonds is 6. The number of para-hydroxylation sites is 2. The number of aromatic nitrogens is 3. The van der Waals surface area contributed by atoms with Crippen LogP contribution in [0.2, 0.25) is 5.02 Å². The molecule has 2 aromatic carbocycles. The predicted octanol–water partition coefficient (Wildman–Crippen LogP) is 6.77. The van der Waals surface area contributed by atoms with Gasteiger partial charge in [-0.25, -0.2) is 4.98 Å². The summed E-state index contributed by atoms with van der Waals surface area (Å²) in [6.07, 6.45) is 10.1. The van der Waals surface area contributed by atoms with E-state index in [1.807, 2.05) is 18.2 Å². The van der Waals surface area contributed by atoms with Gasteiger partial charge in [0.25, 0.3) is 0 Å². The van der Waals surface area contributed by atoms with Gasteiger partial charge in [-0.15, -0.1) is 24.8 Å². The number of benzene rings is 2. The first kappa shape index (κ1) is 23.9. The molecule has 166 valence electrons. The van der Waals surface area contributed by atoms with Crippen LogP contribution < -0.4 is 5.32 Å². The molecule has 0 amide bonds. The lowest BCUT2D eigenvalue weighted by atomic mass is 9.95. The minimum absolute atomic E-state index is 0. The molecule has 0 bridgehead atoms. The maximum Gasteiger partial charge on any atom is 0.215 e. The summed E-state index contributed by atoms with van der Waals surface area (Å²) in [5, 5.41) is 4.53. The minimum Gasteiger partial charge on any atom is -0.314 e. The van der Waals surface area contributed by atoms with Crippen LogP contribution >= 0.6 is 36.4 Å². The number of hydrogen-bond donors (Lipinski definition) is 1. The van der Waals surface area contributed by atoms with E-state index in [0.29, 0.717) is 6.04 Å². The molecule has 1 N–H and O–H groups in total. The highest BCUT2D eigenvalue weighted by Crippen LogP contribution is 2.28. The molecule has 1 aliphatic rings. The highest BCUT2D eigenvalue weighted by molar-refractivity contribution is 6.30. The topological polar surface area (TPSA) is 34.3 Å². The number of halogens is 3. The Morgan fingerprint density at radius 3 is 2.48 bits per heavy atom. The summed E-state index contributed by atoms with van der Waals surface area (Å²) in [5.74, 6) is 1.01. The van der Waals surface area contributed by atoms with Crippen molar-refractivity contribution in [3.63, 3.8) is 0 Å². The van der Waals surface area contributed by atoms with Crippen LogP contribution in [0.1, 0.15) is 38.5 Å². The Hall–Kier alpha value is -1.72. The summed E-state index contributed by atoms with van der Waals surface area (Å²) in [4.78, 5) is 4.93. The lowest BCUT2D eigenvalue weighted by Crippen LogP contribution is -2.32. The van der Waals surface area contributed by atoms with Crippen LogP contribution in [0, 0.1) is 0 Å². The molecule has 4 nitrogen and oxygen atoms in total. The van der Waals surface area contributed by atoms with E-state index in [1.165, 1.54) is 43.4 Å². The zero-order valence-electron chi connectivity index (χ0n) is 17.5. The van der Waals surface area contributed by atoms with Crippen molar-refractivity contribution < 1.29 is 0 Å². The molecule has 1 saturated carbocycles. The lowest BCUT2D eigenvalue weighted by molar-refractivity contribution is 0.369. The normalized spacial score (nSPS) is 14.5. The summed E-state index contributed by atoms with van der Waals surface area (Å²) in [7, 11) is 0. The van der Waals surface area contributed by atoms with Gasteiger partial charge in [0, 0.05) is 23.8 Å². The quantitative estimate of drug-likeness (QED) is 0.310. The van der Waals surface area contributed by atoms with Crippen molar-refractivity contribution in [1.29, 1.82) is 0 Å². The molecule has 0 saturated heterocycles. The fourth-order valence-corrected chi connectivity index (χ4v) is 4.70. The first-order valence-corrected chi connectivity index (χ1v) is 11.1. The average molecular weight is 480 g/mol. The van der Waals surface area contributed by atoms with Gasteiger partial charge in [0.2, 0.25) is 5.78 Å². The second-order valence-corrected chi connectivity index (χ2v) is 8.52. The summed E-state index contributed by atoms with van der Waals surface area (Å²) in [6, 6.07) is 17.1. The molecular formula is C24H29Cl3N4. The third kappa shape index (κ3) is 5.04. The molecule has 0 unspecified atom stereocenters. The van der Waals surface area contributed by atoms with Crippen LogP contribution in [0.3, 0.4) is 0 Å². The van der Waals surface area contributed by atoms with Gasteiger partial charge in [0.05, 0.1) is 16.7 Å². The molecule has 0 aliphatic heterocycles. The minimum atomic E-state index is 0. The molecule has 2 aromatic heterocycles. The van der Waals surface area contributed by atoms with Gasteiger partial charge < -0.3 is 9.88 Å². The number of fused-ring (bicyclic) bond motifs is 3. The van der Waals surface area contributed by atoms with Crippen LogP contribution in [0.15, 0.2) is 54.7 Å². The van der Waals surface area contributed by atoms with Crippen molar-refractivity contribution in [2.45, 2.75) is 51.1 Å². The van der Waals surface area contributed by atoms with Crippen molar-refractivity contribution in [1.82, 2.24) is 19.3 Å². The van der Waals surface area contributed by atoms with Gasteiger partial charge >= 0.3 is 0 Å². The van der Waals surface area contributed by atoms with E-state index in [0.717, 1.165) is 41.3 Å². The van der Waals surface area contributed by atoms with Crippen molar-refractivity contribution in [2.24, 2.45) is 0 Å². The second kappa shape index (κ2) is 10.7. The molecule has 1 fully saturated rings. The number of nitrogens with zero attached hydrogens (tertiary/aromatic N) is 3. The van der Waals surface area contributed by atoms with Crippen molar-refractivity contribution in [3.8, 4) is 11.3 Å². The highest BCUT2D eigenvalue weighted by atomic mass is 35.5. The Bertz CT molecular complexity index is 1110. The molecule has 7 heteroatoms. The maximum absolute atomic E-state index is 6.12. The second-order valence-electron chi connectivity index (χ2n) is 8.09. The SMILES string of the molecule is Cl.Cl.Clc1ccc(-c2cn3c4ccccc4nc3n2CCCNC2CCCCC2)cc1. The molecule has 31 heavy (non-hydrogen) atoms. The van der Waals surface area contributed by atoms with Crippen LogP contribution in [-0.4, -0.2) is 26.5 Å². The largest absolute Gasteiger partial charge is 0.314 e. The molecule has 2 heterocycles. The Morgan fingerprint density at radius 2 is 1.71 bits per heavy atom. The molecule has 5 rings (SSSR count).